The van der Waals surface area contributed by atoms with Gasteiger partial charge < -0.3 is 0 Å². The van der Waals surface area contributed by atoms with E-state index < -0.39 is 26.8 Å². The van der Waals surface area contributed by atoms with Crippen LogP contribution >= 0.6 is 11.8 Å². The molecule has 0 fully saturated rings. The fourth-order valence-electron chi connectivity index (χ4n) is 0.912. The molecular weight excluding hydrogens is 263 g/mol. The standard InChI is InChI=1S/C8H8F3NO2S2/c9-8(10,11)6-2-1-3-7(4-6)15-5-16(12,13)14/h1-4H,5H2,(H2,12,13,14). The van der Waals surface area contributed by atoms with Crippen molar-refractivity contribution in [3.05, 3.63) is 29.8 Å². The van der Waals surface area contributed by atoms with E-state index in [4.69, 9.17) is 5.14 Å². The summed E-state index contributed by atoms with van der Waals surface area (Å²) in [6, 6.07) is 4.41. The lowest BCUT2D eigenvalue weighted by Gasteiger charge is -2.07. The summed E-state index contributed by atoms with van der Waals surface area (Å²) in [5, 5.41) is 4.29. The Balaban J connectivity index is 2.84. The zero-order valence-electron chi connectivity index (χ0n) is 7.86. The smallest absolute Gasteiger partial charge is 0.228 e. The first-order valence-corrected chi connectivity index (χ1v) is 6.69. The summed E-state index contributed by atoms with van der Waals surface area (Å²) >= 11 is 0.745. The van der Waals surface area contributed by atoms with E-state index in [1.165, 1.54) is 12.1 Å². The van der Waals surface area contributed by atoms with E-state index in [1.54, 1.807) is 0 Å². The van der Waals surface area contributed by atoms with Gasteiger partial charge in [-0.2, -0.15) is 13.2 Å². The van der Waals surface area contributed by atoms with Crippen LogP contribution in [0.2, 0.25) is 0 Å². The lowest BCUT2D eigenvalue weighted by molar-refractivity contribution is -0.137. The number of sulfonamides is 1. The van der Waals surface area contributed by atoms with Crippen molar-refractivity contribution in [1.29, 1.82) is 0 Å². The second kappa shape index (κ2) is 4.64. The molecule has 0 bridgehead atoms. The first-order chi connectivity index (χ1) is 7.18. The van der Waals surface area contributed by atoms with Gasteiger partial charge in [0.15, 0.2) is 0 Å². The largest absolute Gasteiger partial charge is 0.416 e. The van der Waals surface area contributed by atoms with Crippen molar-refractivity contribution < 1.29 is 21.6 Å². The molecule has 90 valence electrons. The quantitative estimate of drug-likeness (QED) is 0.856. The molecule has 0 unspecified atom stereocenters. The summed E-state index contributed by atoms with van der Waals surface area (Å²) in [6.45, 7) is 0. The highest BCUT2D eigenvalue weighted by Gasteiger charge is 2.30. The van der Waals surface area contributed by atoms with Crippen LogP contribution in [-0.2, 0) is 16.2 Å². The molecule has 0 aliphatic carbocycles. The Hall–Kier alpha value is -0.730. The number of nitrogens with two attached hydrogens (primary N) is 1. The minimum atomic E-state index is -4.43. The summed E-state index contributed by atoms with van der Waals surface area (Å²) in [6.07, 6.45) is -4.43. The number of hydrogen-bond donors (Lipinski definition) is 1. The van der Waals surface area contributed by atoms with Gasteiger partial charge in [-0.05, 0) is 18.2 Å². The molecule has 2 N–H and O–H groups in total. The third kappa shape index (κ3) is 4.42. The van der Waals surface area contributed by atoms with Crippen LogP contribution in [0.4, 0.5) is 13.2 Å². The molecule has 0 radical (unpaired) electrons. The van der Waals surface area contributed by atoms with E-state index in [2.05, 4.69) is 0 Å². The van der Waals surface area contributed by atoms with Gasteiger partial charge in [0.2, 0.25) is 10.0 Å². The summed E-state index contributed by atoms with van der Waals surface area (Å²) in [5.74, 6) is 0. The van der Waals surface area contributed by atoms with Crippen LogP contribution < -0.4 is 5.14 Å². The summed E-state index contributed by atoms with van der Waals surface area (Å²) in [7, 11) is -3.69. The molecule has 0 heterocycles. The van der Waals surface area contributed by atoms with Crippen LogP contribution in [0.3, 0.4) is 0 Å². The maximum Gasteiger partial charge on any atom is 0.416 e. The van der Waals surface area contributed by atoms with E-state index in [9.17, 15) is 21.6 Å². The predicted octanol–water partition coefficient (Wildman–Crippen LogP) is 2.04. The molecule has 1 rings (SSSR count). The zero-order chi connectivity index (χ0) is 12.4. The molecule has 1 aromatic carbocycles. The van der Waals surface area contributed by atoms with E-state index in [0.717, 1.165) is 23.9 Å². The normalized spacial score (nSPS) is 12.8. The topological polar surface area (TPSA) is 60.2 Å². The highest BCUT2D eigenvalue weighted by Crippen LogP contribution is 2.31. The summed E-state index contributed by atoms with van der Waals surface area (Å²) < 4.78 is 58.1. The number of thioether (sulfide) groups is 1. The Morgan fingerprint density at radius 1 is 1.31 bits per heavy atom. The van der Waals surface area contributed by atoms with Crippen molar-refractivity contribution in [3.8, 4) is 0 Å². The Labute approximate surface area is 94.9 Å². The van der Waals surface area contributed by atoms with Gasteiger partial charge in [0.1, 0.15) is 5.08 Å². The van der Waals surface area contributed by atoms with Crippen molar-refractivity contribution >= 4 is 21.8 Å². The summed E-state index contributed by atoms with van der Waals surface area (Å²) in [5.41, 5.74) is -0.813. The lowest BCUT2D eigenvalue weighted by Crippen LogP contribution is -2.14. The number of hydrogen-bond acceptors (Lipinski definition) is 3. The Kier molecular flexibility index (Phi) is 3.87. The van der Waals surface area contributed by atoms with Crippen molar-refractivity contribution in [2.75, 3.05) is 5.08 Å². The average molecular weight is 271 g/mol. The monoisotopic (exact) mass is 271 g/mol. The molecule has 3 nitrogen and oxygen atoms in total. The number of benzene rings is 1. The molecule has 0 aliphatic rings. The molecule has 0 saturated heterocycles. The van der Waals surface area contributed by atoms with Crippen LogP contribution in [0, 0.1) is 0 Å². The number of alkyl halides is 3. The molecule has 0 saturated carbocycles. The first-order valence-electron chi connectivity index (χ1n) is 3.99. The zero-order valence-corrected chi connectivity index (χ0v) is 9.49. The van der Waals surface area contributed by atoms with Gasteiger partial charge >= 0.3 is 6.18 Å². The second-order valence-corrected chi connectivity index (χ2v) is 5.98. The molecule has 0 atom stereocenters. The minimum Gasteiger partial charge on any atom is -0.228 e. The van der Waals surface area contributed by atoms with E-state index >= 15 is 0 Å². The van der Waals surface area contributed by atoms with Crippen LogP contribution in [-0.4, -0.2) is 13.5 Å². The molecule has 8 heteroatoms. The Morgan fingerprint density at radius 2 is 1.94 bits per heavy atom. The van der Waals surface area contributed by atoms with Gasteiger partial charge in [0, 0.05) is 4.90 Å². The Bertz CT molecular complexity index is 470. The molecule has 16 heavy (non-hydrogen) atoms. The maximum atomic E-state index is 12.3. The highest BCUT2D eigenvalue weighted by atomic mass is 32.3. The van der Waals surface area contributed by atoms with Gasteiger partial charge in [-0.15, -0.1) is 11.8 Å². The maximum absolute atomic E-state index is 12.3. The van der Waals surface area contributed by atoms with Crippen molar-refractivity contribution in [2.24, 2.45) is 5.14 Å². The molecular formula is C8H8F3NO2S2. The van der Waals surface area contributed by atoms with Crippen LogP contribution in [0.25, 0.3) is 0 Å². The summed E-state index contributed by atoms with van der Waals surface area (Å²) in [4.78, 5) is 0.212. The van der Waals surface area contributed by atoms with Crippen LogP contribution in [0.5, 0.6) is 0 Å². The van der Waals surface area contributed by atoms with Crippen LogP contribution in [0.1, 0.15) is 5.56 Å². The van der Waals surface area contributed by atoms with E-state index in [1.807, 2.05) is 0 Å². The fraction of sp³-hybridized carbons (Fsp3) is 0.250. The molecule has 0 amide bonds. The van der Waals surface area contributed by atoms with Gasteiger partial charge in [-0.3, -0.25) is 0 Å². The van der Waals surface area contributed by atoms with Gasteiger partial charge in [0.25, 0.3) is 0 Å². The molecule has 0 aliphatic heterocycles. The fourth-order valence-corrected chi connectivity index (χ4v) is 2.50. The van der Waals surface area contributed by atoms with Crippen molar-refractivity contribution in [2.45, 2.75) is 11.1 Å². The molecule has 1 aromatic rings. The third-order valence-corrected chi connectivity index (χ3v) is 3.92. The lowest BCUT2D eigenvalue weighted by atomic mass is 10.2. The Morgan fingerprint density at radius 3 is 2.44 bits per heavy atom. The van der Waals surface area contributed by atoms with Gasteiger partial charge in [0.05, 0.1) is 5.56 Å². The second-order valence-electron chi connectivity index (χ2n) is 2.95. The SMILES string of the molecule is NS(=O)(=O)CSc1cccc(C(F)(F)F)c1. The van der Waals surface area contributed by atoms with Crippen molar-refractivity contribution in [3.63, 3.8) is 0 Å². The molecule has 0 spiro atoms. The van der Waals surface area contributed by atoms with Crippen molar-refractivity contribution in [1.82, 2.24) is 0 Å². The van der Waals surface area contributed by atoms with Crippen LogP contribution in [0.15, 0.2) is 29.2 Å². The van der Waals surface area contributed by atoms with E-state index in [0.29, 0.717) is 0 Å². The average Bonchev–Trinajstić information content (AvgIpc) is 2.13. The number of halogens is 3. The number of primary sulfonamides is 1. The first kappa shape index (κ1) is 13.3. The minimum absolute atomic E-state index is 0.212. The predicted molar refractivity (Wildman–Crippen MR) is 55.3 cm³/mol. The van der Waals surface area contributed by atoms with Gasteiger partial charge in [-0.25, -0.2) is 13.6 Å². The third-order valence-electron chi connectivity index (χ3n) is 1.55. The number of rotatable bonds is 3. The van der Waals surface area contributed by atoms with Gasteiger partial charge in [-0.1, -0.05) is 6.07 Å². The highest BCUT2D eigenvalue weighted by molar-refractivity contribution is 8.11. The molecule has 0 aromatic heterocycles. The van der Waals surface area contributed by atoms with E-state index in [-0.39, 0.29) is 4.90 Å².